The maximum Gasteiger partial charge on any atom is 0.293 e. The van der Waals surface area contributed by atoms with E-state index in [0.717, 1.165) is 16.1 Å². The number of nitrogens with one attached hydrogen (secondary N) is 1. The minimum absolute atomic E-state index is 0.0298. The third-order valence-electron chi connectivity index (χ3n) is 4.75. The van der Waals surface area contributed by atoms with Crippen molar-refractivity contribution in [2.75, 3.05) is 23.9 Å². The molecule has 0 unspecified atom stereocenters. The molecule has 0 spiro atoms. The first-order valence-electron chi connectivity index (χ1n) is 9.83. The second-order valence-electron chi connectivity index (χ2n) is 6.93. The Kier molecular flexibility index (Phi) is 6.64. The Morgan fingerprint density at radius 1 is 1.21 bits per heavy atom. The Bertz CT molecular complexity index is 1250. The van der Waals surface area contributed by atoms with Crippen molar-refractivity contribution < 1.29 is 9.42 Å². The smallest absolute Gasteiger partial charge is 0.293 e. The van der Waals surface area contributed by atoms with Gasteiger partial charge < -0.3 is 10.6 Å². The van der Waals surface area contributed by atoms with E-state index in [1.54, 1.807) is 18.0 Å². The molecule has 3 N–H and O–H groups in total. The maximum absolute atomic E-state index is 12.9. The summed E-state index contributed by atoms with van der Waals surface area (Å²) in [5.74, 6) is -0.345. The van der Waals surface area contributed by atoms with E-state index in [0.29, 0.717) is 5.69 Å². The zero-order valence-corrected chi connectivity index (χ0v) is 18.7. The largest absolute Gasteiger partial charge is 0.378 e. The van der Waals surface area contributed by atoms with Crippen molar-refractivity contribution in [2.24, 2.45) is 5.10 Å². The molecule has 0 aliphatic rings. The molecule has 0 atom stereocenters. The number of para-hydroxylation sites is 1. The first kappa shape index (κ1) is 22.0. The molecule has 0 saturated carbocycles. The molecular formula is C21H21N9O2S. The molecule has 0 bridgehead atoms. The van der Waals surface area contributed by atoms with Gasteiger partial charge in [-0.1, -0.05) is 35.5 Å². The van der Waals surface area contributed by atoms with Gasteiger partial charge in [-0.25, -0.2) is 10.1 Å². The fourth-order valence-electron chi connectivity index (χ4n) is 3.03. The first-order chi connectivity index (χ1) is 16.1. The van der Waals surface area contributed by atoms with Crippen LogP contribution < -0.4 is 16.1 Å². The molecule has 0 aliphatic carbocycles. The van der Waals surface area contributed by atoms with E-state index in [2.05, 4.69) is 31.2 Å². The zero-order valence-electron chi connectivity index (χ0n) is 17.9. The van der Waals surface area contributed by atoms with E-state index in [9.17, 15) is 4.79 Å². The first-order valence-corrected chi connectivity index (χ1v) is 11.1. The quantitative estimate of drug-likeness (QED) is 0.229. The molecule has 0 radical (unpaired) electrons. The number of aromatic nitrogens is 5. The van der Waals surface area contributed by atoms with Gasteiger partial charge in [0.05, 0.1) is 18.5 Å². The van der Waals surface area contributed by atoms with Gasteiger partial charge in [0.1, 0.15) is 0 Å². The van der Waals surface area contributed by atoms with E-state index >= 15 is 0 Å². The summed E-state index contributed by atoms with van der Waals surface area (Å²) >= 11 is 1.65. The second-order valence-corrected chi connectivity index (χ2v) is 7.81. The zero-order chi connectivity index (χ0) is 23.2. The van der Waals surface area contributed by atoms with Crippen LogP contribution in [0.1, 0.15) is 21.7 Å². The molecule has 0 fully saturated rings. The number of nitrogens with two attached hydrogens (primary N) is 1. The summed E-state index contributed by atoms with van der Waals surface area (Å²) in [6, 6.07) is 17.5. The molecular weight excluding hydrogens is 442 g/mol. The summed E-state index contributed by atoms with van der Waals surface area (Å²) < 4.78 is 6.03. The summed E-state index contributed by atoms with van der Waals surface area (Å²) in [6.45, 7) is 0.284. The van der Waals surface area contributed by atoms with Crippen LogP contribution >= 0.6 is 11.8 Å². The normalized spacial score (nSPS) is 11.1. The predicted molar refractivity (Wildman–Crippen MR) is 125 cm³/mol. The molecule has 4 aromatic rings. The van der Waals surface area contributed by atoms with Crippen LogP contribution in [0, 0.1) is 0 Å². The van der Waals surface area contributed by atoms with E-state index in [1.807, 2.05) is 72.8 Å². The fraction of sp³-hybridized carbons (Fsp3) is 0.143. The number of hydrogen-bond donors (Lipinski definition) is 2. The summed E-state index contributed by atoms with van der Waals surface area (Å²) in [5, 5.41) is 19.5. The molecule has 4 rings (SSSR count). The van der Waals surface area contributed by atoms with Crippen molar-refractivity contribution >= 4 is 35.4 Å². The lowest BCUT2D eigenvalue weighted by atomic mass is 10.2. The second kappa shape index (κ2) is 9.96. The minimum atomic E-state index is -0.523. The Labute approximate surface area is 193 Å². The molecule has 12 heteroatoms. The average molecular weight is 464 g/mol. The molecule has 2 aromatic carbocycles. The van der Waals surface area contributed by atoms with E-state index in [4.69, 9.17) is 10.4 Å². The standard InChI is InChI=1S/C21H21N9O2S/c1-29(15-6-4-3-5-7-15)13-17-18(24-28-30(17)20-19(22)26-32-27-20)21(31)25-23-12-14-8-10-16(33-2)11-9-14/h3-12H,13H2,1-2H3,(H2,22,26)(H,25,31)/b23-12+. The van der Waals surface area contributed by atoms with Gasteiger partial charge in [-0.3, -0.25) is 4.79 Å². The van der Waals surface area contributed by atoms with Crippen LogP contribution in [0.5, 0.6) is 0 Å². The number of nitrogen functional groups attached to an aromatic ring is 1. The highest BCUT2D eigenvalue weighted by Crippen LogP contribution is 2.20. The lowest BCUT2D eigenvalue weighted by molar-refractivity contribution is 0.0949. The number of benzene rings is 2. The van der Waals surface area contributed by atoms with Crippen molar-refractivity contribution in [3.63, 3.8) is 0 Å². The van der Waals surface area contributed by atoms with Crippen molar-refractivity contribution in [2.45, 2.75) is 11.4 Å². The molecule has 1 amide bonds. The minimum Gasteiger partial charge on any atom is -0.378 e. The number of hydrazone groups is 1. The number of thioether (sulfide) groups is 1. The monoisotopic (exact) mass is 463 g/mol. The number of carbonyl (C=O) groups excluding carboxylic acids is 1. The molecule has 0 saturated heterocycles. The Morgan fingerprint density at radius 3 is 2.64 bits per heavy atom. The SMILES string of the molecule is CSc1ccc(/C=N/NC(=O)c2nnn(-c3nonc3N)c2CN(C)c2ccccc2)cc1. The Morgan fingerprint density at radius 2 is 1.97 bits per heavy atom. The van der Waals surface area contributed by atoms with Crippen molar-refractivity contribution in [3.05, 3.63) is 71.5 Å². The molecule has 11 nitrogen and oxygen atoms in total. The fourth-order valence-corrected chi connectivity index (χ4v) is 3.44. The molecule has 2 aromatic heterocycles. The van der Waals surface area contributed by atoms with Gasteiger partial charge in [-0.05, 0) is 46.4 Å². The van der Waals surface area contributed by atoms with Crippen molar-refractivity contribution in [1.29, 1.82) is 0 Å². The summed E-state index contributed by atoms with van der Waals surface area (Å²) in [6.07, 6.45) is 3.56. The molecule has 168 valence electrons. The number of nitrogens with zero attached hydrogens (tertiary/aromatic N) is 7. The van der Waals surface area contributed by atoms with Gasteiger partial charge in [0, 0.05) is 17.6 Å². The Hall–Kier alpha value is -4.19. The number of rotatable bonds is 8. The van der Waals surface area contributed by atoms with Crippen molar-refractivity contribution in [3.8, 4) is 5.82 Å². The van der Waals surface area contributed by atoms with Crippen LogP contribution in [-0.4, -0.2) is 50.7 Å². The summed E-state index contributed by atoms with van der Waals surface area (Å²) in [4.78, 5) is 16.0. The third-order valence-corrected chi connectivity index (χ3v) is 5.50. The van der Waals surface area contributed by atoms with E-state index in [1.165, 1.54) is 4.68 Å². The highest BCUT2D eigenvalue weighted by molar-refractivity contribution is 7.98. The van der Waals surface area contributed by atoms with E-state index in [-0.39, 0.29) is 23.9 Å². The lowest BCUT2D eigenvalue weighted by Gasteiger charge is -2.19. The molecule has 0 aliphatic heterocycles. The number of hydrogen-bond acceptors (Lipinski definition) is 10. The predicted octanol–water partition coefficient (Wildman–Crippen LogP) is 2.35. The van der Waals surface area contributed by atoms with Gasteiger partial charge in [0.2, 0.25) is 11.6 Å². The topological polar surface area (TPSA) is 140 Å². The average Bonchev–Trinajstić information content (AvgIpc) is 3.45. The molecule has 33 heavy (non-hydrogen) atoms. The maximum atomic E-state index is 12.9. The van der Waals surface area contributed by atoms with Gasteiger partial charge in [0.25, 0.3) is 5.91 Å². The van der Waals surface area contributed by atoms with Crippen LogP contribution in [0.4, 0.5) is 11.5 Å². The lowest BCUT2D eigenvalue weighted by Crippen LogP contribution is -2.24. The van der Waals surface area contributed by atoms with Crippen molar-refractivity contribution in [1.82, 2.24) is 30.7 Å². The van der Waals surface area contributed by atoms with Crippen LogP contribution in [0.15, 0.2) is 69.2 Å². The van der Waals surface area contributed by atoms with Crippen LogP contribution in [0.25, 0.3) is 5.82 Å². The van der Waals surface area contributed by atoms with Gasteiger partial charge in [0.15, 0.2) is 5.69 Å². The van der Waals surface area contributed by atoms with Gasteiger partial charge >= 0.3 is 0 Å². The highest BCUT2D eigenvalue weighted by Gasteiger charge is 2.25. The molecule has 2 heterocycles. The van der Waals surface area contributed by atoms with Crippen LogP contribution in [-0.2, 0) is 6.54 Å². The van der Waals surface area contributed by atoms with E-state index < -0.39 is 5.91 Å². The highest BCUT2D eigenvalue weighted by atomic mass is 32.2. The third kappa shape index (κ3) is 5.01. The van der Waals surface area contributed by atoms with Gasteiger partial charge in [-0.15, -0.1) is 16.9 Å². The number of carbonyl (C=O) groups is 1. The van der Waals surface area contributed by atoms with Gasteiger partial charge in [-0.2, -0.15) is 9.78 Å². The number of anilines is 2. The Balaban J connectivity index is 1.58. The van der Waals surface area contributed by atoms with Crippen LogP contribution in [0.2, 0.25) is 0 Å². The summed E-state index contributed by atoms with van der Waals surface area (Å²) in [5.41, 5.74) is 10.7. The summed E-state index contributed by atoms with van der Waals surface area (Å²) in [7, 11) is 1.88. The van der Waals surface area contributed by atoms with Crippen LogP contribution in [0.3, 0.4) is 0 Å². The number of amides is 1.